The van der Waals surface area contributed by atoms with E-state index in [1.54, 1.807) is 0 Å². The summed E-state index contributed by atoms with van der Waals surface area (Å²) in [5.74, 6) is 0. The van der Waals surface area contributed by atoms with Gasteiger partial charge in [0.05, 0.1) is 5.69 Å². The van der Waals surface area contributed by atoms with Gasteiger partial charge in [-0.1, -0.05) is 123 Å². The highest BCUT2D eigenvalue weighted by molar-refractivity contribution is 9.11. The maximum absolute atomic E-state index is 4.50. The van der Waals surface area contributed by atoms with Crippen molar-refractivity contribution < 1.29 is 0 Å². The summed E-state index contributed by atoms with van der Waals surface area (Å²) in [7, 11) is 0. The Bertz CT molecular complexity index is 1660. The molecule has 38 heavy (non-hydrogen) atoms. The maximum atomic E-state index is 4.50. The van der Waals surface area contributed by atoms with Crippen molar-refractivity contribution in [2.45, 2.75) is 0 Å². The van der Waals surface area contributed by atoms with E-state index in [0.29, 0.717) is 0 Å². The molecule has 1 heterocycles. The van der Waals surface area contributed by atoms with Crippen LogP contribution in [0, 0.1) is 0 Å². The second kappa shape index (κ2) is 10.9. The van der Waals surface area contributed by atoms with Gasteiger partial charge >= 0.3 is 0 Å². The molecule has 1 aromatic heterocycles. The van der Waals surface area contributed by atoms with Crippen molar-refractivity contribution in [2.75, 3.05) is 0 Å². The van der Waals surface area contributed by atoms with Crippen LogP contribution >= 0.6 is 31.9 Å². The lowest BCUT2D eigenvalue weighted by Crippen LogP contribution is -1.90. The summed E-state index contributed by atoms with van der Waals surface area (Å²) in [5, 5.41) is 0. The Morgan fingerprint density at radius 3 is 1.29 bits per heavy atom. The smallest absolute Gasteiger partial charge is 0.0701 e. The van der Waals surface area contributed by atoms with Crippen molar-refractivity contribution in [1.82, 2.24) is 4.98 Å². The molecule has 0 spiro atoms. The quantitative estimate of drug-likeness (QED) is 0.188. The van der Waals surface area contributed by atoms with Gasteiger partial charge in [-0.15, -0.1) is 0 Å². The Balaban J connectivity index is 1.51. The molecule has 0 bridgehead atoms. The molecule has 0 saturated carbocycles. The molecule has 5 aromatic carbocycles. The Morgan fingerprint density at radius 1 is 0.368 bits per heavy atom. The van der Waals surface area contributed by atoms with Crippen LogP contribution in [0.4, 0.5) is 0 Å². The summed E-state index contributed by atoms with van der Waals surface area (Å²) in [6.07, 6.45) is 1.83. The number of pyridine rings is 1. The molecule has 0 unspecified atom stereocenters. The largest absolute Gasteiger partial charge is 0.256 e. The molecule has 1 nitrogen and oxygen atoms in total. The van der Waals surface area contributed by atoms with Crippen molar-refractivity contribution in [1.29, 1.82) is 0 Å². The van der Waals surface area contributed by atoms with Crippen molar-refractivity contribution >= 4 is 31.9 Å². The van der Waals surface area contributed by atoms with E-state index in [9.17, 15) is 0 Å². The van der Waals surface area contributed by atoms with Crippen LogP contribution in [0.2, 0.25) is 0 Å². The Morgan fingerprint density at radius 2 is 0.789 bits per heavy atom. The molecule has 6 rings (SSSR count). The molecular weight excluding hydrogens is 594 g/mol. The molecule has 6 aromatic rings. The average molecular weight is 617 g/mol. The summed E-state index contributed by atoms with van der Waals surface area (Å²) in [4.78, 5) is 4.50. The van der Waals surface area contributed by atoms with Crippen LogP contribution in [-0.2, 0) is 0 Å². The highest BCUT2D eigenvalue weighted by Crippen LogP contribution is 2.40. The first-order valence-corrected chi connectivity index (χ1v) is 14.0. The first kappa shape index (κ1) is 24.5. The van der Waals surface area contributed by atoms with E-state index < -0.39 is 0 Å². The van der Waals surface area contributed by atoms with E-state index in [1.807, 2.05) is 24.4 Å². The van der Waals surface area contributed by atoms with Crippen LogP contribution in [0.3, 0.4) is 0 Å². The Labute approximate surface area is 240 Å². The fourth-order valence-electron chi connectivity index (χ4n) is 4.83. The van der Waals surface area contributed by atoms with Gasteiger partial charge in [0.1, 0.15) is 0 Å². The van der Waals surface area contributed by atoms with Gasteiger partial charge in [-0.05, 0) is 87.0 Å². The number of aromatic nitrogens is 1. The van der Waals surface area contributed by atoms with Gasteiger partial charge in [0.2, 0.25) is 0 Å². The summed E-state index contributed by atoms with van der Waals surface area (Å²) >= 11 is 7.54. The van der Waals surface area contributed by atoms with Gasteiger partial charge in [0.25, 0.3) is 0 Å². The topological polar surface area (TPSA) is 12.9 Å². The number of nitrogens with zero attached hydrogens (tertiary/aromatic N) is 1. The van der Waals surface area contributed by atoms with Crippen molar-refractivity contribution in [3.8, 4) is 55.8 Å². The molecule has 0 aliphatic rings. The summed E-state index contributed by atoms with van der Waals surface area (Å²) in [6, 6.07) is 47.0. The zero-order chi connectivity index (χ0) is 25.9. The summed E-state index contributed by atoms with van der Waals surface area (Å²) in [5.41, 5.74) is 11.5. The summed E-state index contributed by atoms with van der Waals surface area (Å²) < 4.78 is 2.15. The second-order valence-corrected chi connectivity index (χ2v) is 10.8. The number of hydrogen-bond acceptors (Lipinski definition) is 1. The number of hydrogen-bond donors (Lipinski definition) is 0. The third-order valence-electron chi connectivity index (χ3n) is 6.70. The molecule has 0 N–H and O–H groups in total. The zero-order valence-corrected chi connectivity index (χ0v) is 23.7. The molecule has 0 radical (unpaired) electrons. The van der Waals surface area contributed by atoms with E-state index in [1.165, 1.54) is 44.5 Å². The number of benzene rings is 5. The highest BCUT2D eigenvalue weighted by Gasteiger charge is 2.14. The lowest BCUT2D eigenvalue weighted by Gasteiger charge is -2.16. The SMILES string of the molecule is Brc1ccccc1-c1cc(-c2ccccc2Br)cc(-c2ccccc2-c2ccc(-c3ccccn3)cc2)c1. The molecule has 0 aliphatic heterocycles. The number of halogens is 2. The highest BCUT2D eigenvalue weighted by atomic mass is 79.9. The Hall–Kier alpha value is -3.79. The standard InChI is InChI=1S/C35H23Br2N/c36-33-13-5-3-11-31(33)27-21-26(22-28(23-27)32-12-4-6-14-34(32)37)30-10-2-1-9-29(30)24-16-18-25(19-17-24)35-15-7-8-20-38-35/h1-23H. The Kier molecular flexibility index (Phi) is 7.04. The lowest BCUT2D eigenvalue weighted by molar-refractivity contribution is 1.33. The third kappa shape index (κ3) is 5.00. The zero-order valence-electron chi connectivity index (χ0n) is 20.5. The minimum atomic E-state index is 0.978. The van der Waals surface area contributed by atoms with Gasteiger partial charge in [0, 0.05) is 20.7 Å². The lowest BCUT2D eigenvalue weighted by atomic mass is 9.89. The minimum Gasteiger partial charge on any atom is -0.256 e. The van der Waals surface area contributed by atoms with Crippen LogP contribution in [0.1, 0.15) is 0 Å². The molecule has 0 fully saturated rings. The molecule has 0 saturated heterocycles. The fraction of sp³-hybridized carbons (Fsp3) is 0. The molecule has 182 valence electrons. The van der Waals surface area contributed by atoms with Crippen molar-refractivity contribution in [2.24, 2.45) is 0 Å². The van der Waals surface area contributed by atoms with Crippen LogP contribution < -0.4 is 0 Å². The van der Waals surface area contributed by atoms with Gasteiger partial charge < -0.3 is 0 Å². The van der Waals surface area contributed by atoms with Gasteiger partial charge in [-0.3, -0.25) is 4.98 Å². The van der Waals surface area contributed by atoms with Crippen molar-refractivity contribution in [3.05, 3.63) is 149 Å². The number of rotatable bonds is 5. The van der Waals surface area contributed by atoms with E-state index in [4.69, 9.17) is 0 Å². The third-order valence-corrected chi connectivity index (χ3v) is 8.08. The van der Waals surface area contributed by atoms with Crippen LogP contribution in [0.25, 0.3) is 55.8 Å². The first-order valence-electron chi connectivity index (χ1n) is 12.4. The van der Waals surface area contributed by atoms with Gasteiger partial charge in [-0.2, -0.15) is 0 Å². The maximum Gasteiger partial charge on any atom is 0.0701 e. The van der Waals surface area contributed by atoms with Gasteiger partial charge in [-0.25, -0.2) is 0 Å². The second-order valence-electron chi connectivity index (χ2n) is 9.10. The monoisotopic (exact) mass is 615 g/mol. The normalized spacial score (nSPS) is 10.9. The average Bonchev–Trinajstić information content (AvgIpc) is 2.98. The van der Waals surface area contributed by atoms with Crippen LogP contribution in [0.15, 0.2) is 149 Å². The van der Waals surface area contributed by atoms with Crippen LogP contribution in [0.5, 0.6) is 0 Å². The molecular formula is C35H23Br2N. The minimum absolute atomic E-state index is 0.978. The molecule has 3 heteroatoms. The van der Waals surface area contributed by atoms with Gasteiger partial charge in [0.15, 0.2) is 0 Å². The predicted molar refractivity (Wildman–Crippen MR) is 167 cm³/mol. The van der Waals surface area contributed by atoms with E-state index in [-0.39, 0.29) is 0 Å². The van der Waals surface area contributed by atoms with Crippen molar-refractivity contribution in [3.63, 3.8) is 0 Å². The van der Waals surface area contributed by atoms with E-state index in [2.05, 4.69) is 152 Å². The van der Waals surface area contributed by atoms with E-state index >= 15 is 0 Å². The molecule has 0 aliphatic carbocycles. The predicted octanol–water partition coefficient (Wildman–Crippen LogP) is 10.9. The van der Waals surface area contributed by atoms with E-state index in [0.717, 1.165) is 20.2 Å². The first-order chi connectivity index (χ1) is 18.7. The molecule has 0 amide bonds. The molecule has 0 atom stereocenters. The van der Waals surface area contributed by atoms with Crippen LogP contribution in [-0.4, -0.2) is 4.98 Å². The fourth-order valence-corrected chi connectivity index (χ4v) is 5.85. The summed E-state index contributed by atoms with van der Waals surface area (Å²) in [6.45, 7) is 0.